The van der Waals surface area contributed by atoms with Crippen molar-refractivity contribution in [2.45, 2.75) is 38.0 Å². The third-order valence-electron chi connectivity index (χ3n) is 3.77. The number of rotatable bonds is 2. The quantitative estimate of drug-likeness (QED) is 0.828. The summed E-state index contributed by atoms with van der Waals surface area (Å²) in [6.45, 7) is 0. The molecule has 0 N–H and O–H groups in total. The van der Waals surface area contributed by atoms with Crippen molar-refractivity contribution in [3.8, 4) is 17.7 Å². The molecule has 0 aromatic carbocycles. The van der Waals surface area contributed by atoms with Gasteiger partial charge in [0.15, 0.2) is 5.82 Å². The first kappa shape index (κ1) is 12.0. The third kappa shape index (κ3) is 2.26. The van der Waals surface area contributed by atoms with Crippen molar-refractivity contribution in [2.24, 2.45) is 7.05 Å². The zero-order valence-corrected chi connectivity index (χ0v) is 11.0. The van der Waals surface area contributed by atoms with Gasteiger partial charge < -0.3 is 9.09 Å². The Morgan fingerprint density at radius 2 is 2.16 bits per heavy atom. The maximum absolute atomic E-state index is 8.90. The molecule has 0 aliphatic heterocycles. The molecule has 0 bridgehead atoms. The average Bonchev–Trinajstić information content (AvgIpc) is 3.06. The van der Waals surface area contributed by atoms with Gasteiger partial charge in [0.05, 0.1) is 5.56 Å². The summed E-state index contributed by atoms with van der Waals surface area (Å²) < 4.78 is 7.20. The van der Waals surface area contributed by atoms with Crippen LogP contribution in [0.1, 0.15) is 49.4 Å². The summed E-state index contributed by atoms with van der Waals surface area (Å²) in [5.41, 5.74) is 1.40. The zero-order chi connectivity index (χ0) is 13.2. The van der Waals surface area contributed by atoms with E-state index in [2.05, 4.69) is 16.2 Å². The van der Waals surface area contributed by atoms with Gasteiger partial charge in [-0.05, 0) is 18.9 Å². The minimum atomic E-state index is 0.432. The normalized spacial score (nSPS) is 16.4. The largest absolute Gasteiger partial charge is 0.345 e. The summed E-state index contributed by atoms with van der Waals surface area (Å²) in [5.74, 6) is 1.75. The van der Waals surface area contributed by atoms with Crippen LogP contribution in [-0.2, 0) is 7.05 Å². The maximum Gasteiger partial charge on any atom is 0.274 e. The lowest BCUT2D eigenvalue weighted by Crippen LogP contribution is -2.06. The van der Waals surface area contributed by atoms with Crippen LogP contribution in [-0.4, -0.2) is 14.7 Å². The molecule has 0 unspecified atom stereocenters. The first-order chi connectivity index (χ1) is 9.28. The first-order valence-electron chi connectivity index (χ1n) is 6.68. The Kier molecular flexibility index (Phi) is 3.08. The summed E-state index contributed by atoms with van der Waals surface area (Å²) >= 11 is 0. The van der Waals surface area contributed by atoms with Crippen molar-refractivity contribution < 1.29 is 4.52 Å². The van der Waals surface area contributed by atoms with E-state index >= 15 is 0 Å². The van der Waals surface area contributed by atoms with Crippen LogP contribution in [0, 0.1) is 11.3 Å². The van der Waals surface area contributed by atoms with E-state index < -0.39 is 0 Å². The van der Waals surface area contributed by atoms with Gasteiger partial charge >= 0.3 is 0 Å². The molecule has 98 valence electrons. The molecule has 0 radical (unpaired) electrons. The Balaban J connectivity index is 1.88. The molecule has 19 heavy (non-hydrogen) atoms. The minimum absolute atomic E-state index is 0.432. The molecule has 1 aliphatic carbocycles. The molecule has 5 heteroatoms. The molecule has 0 atom stereocenters. The van der Waals surface area contributed by atoms with Crippen LogP contribution in [0.5, 0.6) is 0 Å². The number of aromatic nitrogens is 3. The first-order valence-corrected chi connectivity index (χ1v) is 6.68. The van der Waals surface area contributed by atoms with E-state index in [9.17, 15) is 0 Å². The zero-order valence-electron chi connectivity index (χ0n) is 11.0. The molecular formula is C14H16N4O. The van der Waals surface area contributed by atoms with E-state index in [1.165, 1.54) is 19.3 Å². The molecular weight excluding hydrogens is 240 g/mol. The van der Waals surface area contributed by atoms with Crippen LogP contribution in [0.3, 0.4) is 0 Å². The van der Waals surface area contributed by atoms with Crippen LogP contribution in [0.2, 0.25) is 0 Å². The third-order valence-corrected chi connectivity index (χ3v) is 3.77. The average molecular weight is 256 g/mol. The fraction of sp³-hybridized carbons (Fsp3) is 0.500. The highest BCUT2D eigenvalue weighted by atomic mass is 16.5. The number of nitriles is 1. The van der Waals surface area contributed by atoms with Gasteiger partial charge in [-0.1, -0.05) is 24.4 Å². The standard InChI is InChI=1S/C14H16N4O/c1-18-9-10(8-15)7-12(18)14-16-13(17-19-14)11-5-3-2-4-6-11/h7,9,11H,2-6H2,1H3. The molecule has 0 spiro atoms. The van der Waals surface area contributed by atoms with E-state index in [0.29, 0.717) is 17.4 Å². The number of hydrogen-bond donors (Lipinski definition) is 0. The van der Waals surface area contributed by atoms with Gasteiger partial charge in [-0.15, -0.1) is 0 Å². The minimum Gasteiger partial charge on any atom is -0.345 e. The van der Waals surface area contributed by atoms with Crippen LogP contribution in [0.4, 0.5) is 0 Å². The molecule has 2 aromatic heterocycles. The van der Waals surface area contributed by atoms with Crippen molar-refractivity contribution in [2.75, 3.05) is 0 Å². The van der Waals surface area contributed by atoms with E-state index in [0.717, 1.165) is 24.4 Å². The SMILES string of the molecule is Cn1cc(C#N)cc1-c1nc(C2CCCCC2)no1. The highest BCUT2D eigenvalue weighted by Gasteiger charge is 2.22. The van der Waals surface area contributed by atoms with Gasteiger partial charge in [0.2, 0.25) is 0 Å². The topological polar surface area (TPSA) is 67.6 Å². The summed E-state index contributed by atoms with van der Waals surface area (Å²) in [5, 5.41) is 13.0. The lowest BCUT2D eigenvalue weighted by Gasteiger charge is -2.17. The number of nitrogens with zero attached hydrogens (tertiary/aromatic N) is 4. The Morgan fingerprint density at radius 3 is 2.84 bits per heavy atom. The second kappa shape index (κ2) is 4.88. The highest BCUT2D eigenvalue weighted by Crippen LogP contribution is 2.32. The Morgan fingerprint density at radius 1 is 1.37 bits per heavy atom. The van der Waals surface area contributed by atoms with Crippen molar-refractivity contribution in [1.82, 2.24) is 14.7 Å². The molecule has 0 amide bonds. The van der Waals surface area contributed by atoms with Gasteiger partial charge in [0.25, 0.3) is 5.89 Å². The lowest BCUT2D eigenvalue weighted by atomic mass is 9.89. The Bertz CT molecular complexity index is 614. The molecule has 5 nitrogen and oxygen atoms in total. The van der Waals surface area contributed by atoms with E-state index in [1.807, 2.05) is 11.6 Å². The van der Waals surface area contributed by atoms with Crippen molar-refractivity contribution in [1.29, 1.82) is 5.26 Å². The van der Waals surface area contributed by atoms with Crippen molar-refractivity contribution in [3.63, 3.8) is 0 Å². The predicted molar refractivity (Wildman–Crippen MR) is 69.2 cm³/mol. The summed E-state index contributed by atoms with van der Waals surface area (Å²) in [4.78, 5) is 4.50. The predicted octanol–water partition coefficient (Wildman–Crippen LogP) is 2.99. The monoisotopic (exact) mass is 256 g/mol. The summed E-state index contributed by atoms with van der Waals surface area (Å²) in [6.07, 6.45) is 7.87. The fourth-order valence-corrected chi connectivity index (χ4v) is 2.70. The second-order valence-corrected chi connectivity index (χ2v) is 5.13. The maximum atomic E-state index is 8.90. The molecule has 1 fully saturated rings. The van der Waals surface area contributed by atoms with Crippen LogP contribution >= 0.6 is 0 Å². The molecule has 1 aliphatic rings. The Labute approximate surface area is 111 Å². The molecule has 1 saturated carbocycles. The van der Waals surface area contributed by atoms with Crippen LogP contribution in [0.25, 0.3) is 11.6 Å². The lowest BCUT2D eigenvalue weighted by molar-refractivity contribution is 0.384. The summed E-state index contributed by atoms with van der Waals surface area (Å²) in [7, 11) is 1.88. The molecule has 2 aromatic rings. The highest BCUT2D eigenvalue weighted by molar-refractivity contribution is 5.52. The van der Waals surface area contributed by atoms with Crippen LogP contribution < -0.4 is 0 Å². The molecule has 2 heterocycles. The van der Waals surface area contributed by atoms with Crippen LogP contribution in [0.15, 0.2) is 16.8 Å². The molecule has 0 saturated heterocycles. The summed E-state index contributed by atoms with van der Waals surface area (Å²) in [6, 6.07) is 3.89. The van der Waals surface area contributed by atoms with E-state index in [-0.39, 0.29) is 0 Å². The van der Waals surface area contributed by atoms with Gasteiger partial charge in [-0.3, -0.25) is 0 Å². The van der Waals surface area contributed by atoms with Crippen molar-refractivity contribution in [3.05, 3.63) is 23.7 Å². The number of hydrogen-bond acceptors (Lipinski definition) is 4. The van der Waals surface area contributed by atoms with Crippen molar-refractivity contribution >= 4 is 0 Å². The fourth-order valence-electron chi connectivity index (χ4n) is 2.70. The van der Waals surface area contributed by atoms with Gasteiger partial charge in [-0.2, -0.15) is 10.2 Å². The number of aryl methyl sites for hydroxylation is 1. The van der Waals surface area contributed by atoms with E-state index in [1.54, 1.807) is 12.3 Å². The van der Waals surface area contributed by atoms with E-state index in [4.69, 9.17) is 9.78 Å². The van der Waals surface area contributed by atoms with Gasteiger partial charge in [-0.25, -0.2) is 0 Å². The molecule has 3 rings (SSSR count). The van der Waals surface area contributed by atoms with Gasteiger partial charge in [0.1, 0.15) is 11.8 Å². The smallest absolute Gasteiger partial charge is 0.274 e. The Hall–Kier alpha value is -2.09. The van der Waals surface area contributed by atoms with Gasteiger partial charge in [0, 0.05) is 19.2 Å². The second-order valence-electron chi connectivity index (χ2n) is 5.13.